The van der Waals surface area contributed by atoms with E-state index in [-0.39, 0.29) is 23.8 Å². The SMILES string of the molecule is CC(CN1CCCC1=O)NC(=O)C(C)C1CNC1. The van der Waals surface area contributed by atoms with Crippen molar-refractivity contribution in [1.82, 2.24) is 15.5 Å². The quantitative estimate of drug-likeness (QED) is 0.723. The van der Waals surface area contributed by atoms with Gasteiger partial charge in [0.1, 0.15) is 0 Å². The molecule has 102 valence electrons. The molecule has 0 spiro atoms. The standard InChI is InChI=1S/C13H23N3O2/c1-9(8-16-5-3-4-12(16)17)15-13(18)10(2)11-6-14-7-11/h9-11,14H,3-8H2,1-2H3,(H,15,18). The minimum absolute atomic E-state index is 0.0371. The van der Waals surface area contributed by atoms with Gasteiger partial charge in [-0.3, -0.25) is 9.59 Å². The molecule has 0 radical (unpaired) electrons. The predicted octanol–water partition coefficient (Wildman–Crippen LogP) is -0.0310. The van der Waals surface area contributed by atoms with Gasteiger partial charge < -0.3 is 15.5 Å². The number of carbonyl (C=O) groups is 2. The second-order valence-electron chi connectivity index (χ2n) is 5.56. The van der Waals surface area contributed by atoms with E-state index in [0.29, 0.717) is 18.9 Å². The Morgan fingerprint density at radius 1 is 1.50 bits per heavy atom. The number of hydrogen-bond acceptors (Lipinski definition) is 3. The lowest BCUT2D eigenvalue weighted by Gasteiger charge is -2.32. The normalized spacial score (nSPS) is 23.7. The monoisotopic (exact) mass is 253 g/mol. The molecule has 0 aromatic heterocycles. The molecule has 0 aromatic rings. The average molecular weight is 253 g/mol. The van der Waals surface area contributed by atoms with Crippen molar-refractivity contribution in [2.75, 3.05) is 26.2 Å². The highest BCUT2D eigenvalue weighted by atomic mass is 16.2. The fraction of sp³-hybridized carbons (Fsp3) is 0.846. The highest BCUT2D eigenvalue weighted by Gasteiger charge is 2.30. The van der Waals surface area contributed by atoms with Crippen molar-refractivity contribution in [3.05, 3.63) is 0 Å². The first kappa shape index (κ1) is 13.3. The third-order valence-corrected chi connectivity index (χ3v) is 3.99. The van der Waals surface area contributed by atoms with Gasteiger partial charge in [-0.1, -0.05) is 6.92 Å². The third-order valence-electron chi connectivity index (χ3n) is 3.99. The first-order valence-electron chi connectivity index (χ1n) is 6.87. The lowest BCUT2D eigenvalue weighted by Crippen LogP contribution is -2.52. The van der Waals surface area contributed by atoms with Crippen LogP contribution in [0.2, 0.25) is 0 Å². The summed E-state index contributed by atoms with van der Waals surface area (Å²) in [5.74, 6) is 0.849. The van der Waals surface area contributed by atoms with E-state index in [1.165, 1.54) is 0 Å². The van der Waals surface area contributed by atoms with Crippen LogP contribution in [0.3, 0.4) is 0 Å². The zero-order valence-electron chi connectivity index (χ0n) is 11.2. The maximum Gasteiger partial charge on any atom is 0.223 e. The highest BCUT2D eigenvalue weighted by Crippen LogP contribution is 2.16. The van der Waals surface area contributed by atoms with Gasteiger partial charge in [-0.25, -0.2) is 0 Å². The smallest absolute Gasteiger partial charge is 0.223 e. The van der Waals surface area contributed by atoms with Crippen molar-refractivity contribution < 1.29 is 9.59 Å². The molecule has 2 saturated heterocycles. The largest absolute Gasteiger partial charge is 0.352 e. The molecule has 2 fully saturated rings. The summed E-state index contributed by atoms with van der Waals surface area (Å²) >= 11 is 0. The Bertz CT molecular complexity index is 328. The summed E-state index contributed by atoms with van der Waals surface area (Å²) in [7, 11) is 0. The lowest BCUT2D eigenvalue weighted by molar-refractivity contribution is -0.130. The summed E-state index contributed by atoms with van der Waals surface area (Å²) in [6, 6.07) is 0.0371. The summed E-state index contributed by atoms with van der Waals surface area (Å²) in [6.07, 6.45) is 1.61. The molecule has 0 bridgehead atoms. The zero-order chi connectivity index (χ0) is 13.1. The Hall–Kier alpha value is -1.10. The molecule has 5 heteroatoms. The first-order chi connectivity index (χ1) is 8.58. The minimum atomic E-state index is 0.0371. The Labute approximate surface area is 108 Å². The Morgan fingerprint density at radius 3 is 2.72 bits per heavy atom. The van der Waals surface area contributed by atoms with Gasteiger partial charge >= 0.3 is 0 Å². The molecular formula is C13H23N3O2. The number of likely N-dealkylation sites (tertiary alicyclic amines) is 1. The van der Waals surface area contributed by atoms with Crippen LogP contribution in [0.1, 0.15) is 26.7 Å². The Balaban J connectivity index is 1.74. The molecule has 2 unspecified atom stereocenters. The number of rotatable bonds is 5. The van der Waals surface area contributed by atoms with E-state index in [1.807, 2.05) is 18.7 Å². The second kappa shape index (κ2) is 5.69. The molecule has 2 rings (SSSR count). The molecule has 0 aromatic carbocycles. The van der Waals surface area contributed by atoms with E-state index in [4.69, 9.17) is 0 Å². The zero-order valence-corrected chi connectivity index (χ0v) is 11.2. The average Bonchev–Trinajstić information content (AvgIpc) is 2.61. The van der Waals surface area contributed by atoms with Crippen molar-refractivity contribution >= 4 is 11.8 Å². The molecule has 0 saturated carbocycles. The highest BCUT2D eigenvalue weighted by molar-refractivity contribution is 5.80. The van der Waals surface area contributed by atoms with Gasteiger partial charge in [0.25, 0.3) is 0 Å². The van der Waals surface area contributed by atoms with E-state index >= 15 is 0 Å². The van der Waals surface area contributed by atoms with E-state index < -0.39 is 0 Å². The second-order valence-corrected chi connectivity index (χ2v) is 5.56. The molecule has 2 atom stereocenters. The summed E-state index contributed by atoms with van der Waals surface area (Å²) in [5.41, 5.74) is 0. The minimum Gasteiger partial charge on any atom is -0.352 e. The molecule has 2 amide bonds. The van der Waals surface area contributed by atoms with Gasteiger partial charge in [0.05, 0.1) is 0 Å². The van der Waals surface area contributed by atoms with Crippen LogP contribution in [0.5, 0.6) is 0 Å². The van der Waals surface area contributed by atoms with Crippen molar-refractivity contribution in [3.8, 4) is 0 Å². The first-order valence-corrected chi connectivity index (χ1v) is 6.87. The fourth-order valence-corrected chi connectivity index (χ4v) is 2.53. The van der Waals surface area contributed by atoms with Crippen LogP contribution in [0.15, 0.2) is 0 Å². The van der Waals surface area contributed by atoms with E-state index in [9.17, 15) is 9.59 Å². The summed E-state index contributed by atoms with van der Waals surface area (Å²) in [4.78, 5) is 25.3. The predicted molar refractivity (Wildman–Crippen MR) is 68.9 cm³/mol. The molecule has 2 aliphatic heterocycles. The van der Waals surface area contributed by atoms with Gasteiger partial charge in [0.2, 0.25) is 11.8 Å². The third kappa shape index (κ3) is 3.02. The van der Waals surface area contributed by atoms with Crippen molar-refractivity contribution in [3.63, 3.8) is 0 Å². The number of carbonyl (C=O) groups excluding carboxylic acids is 2. The molecule has 2 N–H and O–H groups in total. The maximum atomic E-state index is 12.0. The van der Waals surface area contributed by atoms with Crippen LogP contribution < -0.4 is 10.6 Å². The topological polar surface area (TPSA) is 61.4 Å². The van der Waals surface area contributed by atoms with E-state index in [1.54, 1.807) is 0 Å². The van der Waals surface area contributed by atoms with Gasteiger partial charge in [-0.2, -0.15) is 0 Å². The van der Waals surface area contributed by atoms with Gasteiger partial charge in [0.15, 0.2) is 0 Å². The number of nitrogens with one attached hydrogen (secondary N) is 2. The summed E-state index contributed by atoms with van der Waals surface area (Å²) in [6.45, 7) is 7.30. The van der Waals surface area contributed by atoms with Crippen molar-refractivity contribution in [2.45, 2.75) is 32.7 Å². The lowest BCUT2D eigenvalue weighted by atomic mass is 9.88. The van der Waals surface area contributed by atoms with Crippen LogP contribution in [0.4, 0.5) is 0 Å². The van der Waals surface area contributed by atoms with Crippen LogP contribution in [-0.4, -0.2) is 48.9 Å². The number of hydrogen-bond donors (Lipinski definition) is 2. The number of amides is 2. The molecular weight excluding hydrogens is 230 g/mol. The van der Waals surface area contributed by atoms with E-state index in [2.05, 4.69) is 10.6 Å². The molecule has 0 aliphatic carbocycles. The Morgan fingerprint density at radius 2 is 2.22 bits per heavy atom. The van der Waals surface area contributed by atoms with E-state index in [0.717, 1.165) is 26.1 Å². The molecule has 18 heavy (non-hydrogen) atoms. The molecule has 2 aliphatic rings. The summed E-state index contributed by atoms with van der Waals surface area (Å²) < 4.78 is 0. The molecule has 5 nitrogen and oxygen atoms in total. The molecule has 2 heterocycles. The van der Waals surface area contributed by atoms with Gasteiger partial charge in [-0.05, 0) is 32.4 Å². The maximum absolute atomic E-state index is 12.0. The van der Waals surface area contributed by atoms with Crippen molar-refractivity contribution in [2.24, 2.45) is 11.8 Å². The van der Waals surface area contributed by atoms with Crippen LogP contribution in [0, 0.1) is 11.8 Å². The van der Waals surface area contributed by atoms with Gasteiger partial charge in [-0.15, -0.1) is 0 Å². The van der Waals surface area contributed by atoms with Crippen LogP contribution >= 0.6 is 0 Å². The Kier molecular flexibility index (Phi) is 4.22. The van der Waals surface area contributed by atoms with Crippen LogP contribution in [-0.2, 0) is 9.59 Å². The fourth-order valence-electron chi connectivity index (χ4n) is 2.53. The number of nitrogens with zero attached hydrogens (tertiary/aromatic N) is 1. The van der Waals surface area contributed by atoms with Crippen LogP contribution in [0.25, 0.3) is 0 Å². The van der Waals surface area contributed by atoms with Crippen molar-refractivity contribution in [1.29, 1.82) is 0 Å². The summed E-state index contributed by atoms with van der Waals surface area (Å²) in [5, 5.41) is 6.20. The van der Waals surface area contributed by atoms with Gasteiger partial charge in [0, 0.05) is 31.5 Å².